The highest BCUT2D eigenvalue weighted by Crippen LogP contribution is 2.36. The zero-order chi connectivity index (χ0) is 35.3. The van der Waals surface area contributed by atoms with Crippen molar-refractivity contribution in [2.75, 3.05) is 44.7 Å². The van der Waals surface area contributed by atoms with Crippen LogP contribution >= 0.6 is 23.2 Å². The van der Waals surface area contributed by atoms with Gasteiger partial charge in [0.25, 0.3) is 0 Å². The van der Waals surface area contributed by atoms with Crippen LogP contribution in [0.15, 0.2) is 72.8 Å². The van der Waals surface area contributed by atoms with E-state index in [1.54, 1.807) is 0 Å². The van der Waals surface area contributed by atoms with Crippen molar-refractivity contribution in [1.29, 1.82) is 0 Å². The lowest BCUT2D eigenvalue weighted by Crippen LogP contribution is -2.31. The Labute approximate surface area is 292 Å². The smallest absolute Gasteiger partial charge is 0.321 e. The number of carbonyl (C=O) groups excluding carboxylic acids is 3. The number of alkyl halides is 2. The third-order valence-corrected chi connectivity index (χ3v) is 8.53. The van der Waals surface area contributed by atoms with E-state index in [0.717, 1.165) is 22.4 Å². The van der Waals surface area contributed by atoms with Gasteiger partial charge in [-0.05, 0) is 46.5 Å². The predicted octanol–water partition coefficient (Wildman–Crippen LogP) is 6.17. The average molecular weight is 703 g/mol. The minimum atomic E-state index is -0.830. The molecule has 0 saturated heterocycles. The third-order valence-electron chi connectivity index (χ3n) is 8.09. The Morgan fingerprint density at radius 2 is 1.00 bits per heavy atom. The molecule has 0 aliphatic carbocycles. The Morgan fingerprint density at radius 1 is 0.604 bits per heavy atom. The molecule has 0 aliphatic heterocycles. The summed E-state index contributed by atoms with van der Waals surface area (Å²) in [6.45, 7) is 11.0. The maximum atomic E-state index is 11.7. The molecule has 3 aromatic rings. The molecule has 3 aromatic carbocycles. The molecule has 0 spiro atoms. The Bertz CT molecular complexity index is 1470. The Balaban J connectivity index is 1.62. The fraction of sp³-hybridized carbons (Fsp3) is 0.432. The summed E-state index contributed by atoms with van der Waals surface area (Å²) < 4.78 is 27.0. The van der Waals surface area contributed by atoms with Gasteiger partial charge in [0.2, 0.25) is 0 Å². The number of nitrogens with two attached hydrogens (primary N) is 1. The van der Waals surface area contributed by atoms with Gasteiger partial charge in [0.15, 0.2) is 6.10 Å². The zero-order valence-corrected chi connectivity index (χ0v) is 29.6. The molecular formula is C37H45Cl2NO8. The molecule has 2 unspecified atom stereocenters. The Hall–Kier alpha value is -3.79. The first-order chi connectivity index (χ1) is 22.8. The fourth-order valence-electron chi connectivity index (χ4n) is 4.90. The number of ether oxygens (including phenoxy) is 5. The molecule has 0 fully saturated rings. The summed E-state index contributed by atoms with van der Waals surface area (Å²) in [5.74, 6) is -0.965. The van der Waals surface area contributed by atoms with Crippen molar-refractivity contribution < 1.29 is 38.1 Å². The number of rotatable bonds is 18. The molecule has 0 heterocycles. The molecule has 11 heteroatoms. The van der Waals surface area contributed by atoms with E-state index in [9.17, 15) is 14.4 Å². The number of benzene rings is 3. The van der Waals surface area contributed by atoms with E-state index in [1.807, 2.05) is 43.3 Å². The van der Waals surface area contributed by atoms with Gasteiger partial charge in [-0.1, -0.05) is 83.1 Å². The number of carbonyl (C=O) groups is 3. The molecule has 260 valence electrons. The molecule has 3 rings (SSSR count). The number of hydrogen-bond acceptors (Lipinski definition) is 9. The lowest BCUT2D eigenvalue weighted by Gasteiger charge is -2.30. The first kappa shape index (κ1) is 38.7. The maximum absolute atomic E-state index is 11.7. The zero-order valence-electron chi connectivity index (χ0n) is 28.1. The van der Waals surface area contributed by atoms with Gasteiger partial charge in [-0.3, -0.25) is 14.4 Å². The summed E-state index contributed by atoms with van der Waals surface area (Å²) in [7, 11) is 0. The average Bonchev–Trinajstić information content (AvgIpc) is 3.10. The fourth-order valence-corrected chi connectivity index (χ4v) is 5.04. The number of halogens is 2. The van der Waals surface area contributed by atoms with Crippen LogP contribution in [0.5, 0.6) is 11.5 Å². The van der Waals surface area contributed by atoms with Crippen LogP contribution in [-0.4, -0.2) is 68.7 Å². The molecule has 0 aromatic heterocycles. The van der Waals surface area contributed by atoms with E-state index in [0.29, 0.717) is 12.4 Å². The first-order valence-electron chi connectivity index (χ1n) is 15.7. The van der Waals surface area contributed by atoms with Gasteiger partial charge in [0.05, 0.1) is 19.8 Å². The predicted molar refractivity (Wildman–Crippen MR) is 186 cm³/mol. The van der Waals surface area contributed by atoms with Crippen LogP contribution in [0.25, 0.3) is 0 Å². The largest absolute Gasteiger partial charge is 0.493 e. The van der Waals surface area contributed by atoms with Crippen LogP contribution in [0.2, 0.25) is 0 Å². The highest BCUT2D eigenvalue weighted by molar-refractivity contribution is 6.26. The SMILES string of the molecule is CC(COC(=O)CN)COc1ccc(C(C)(C)c2ccc(C(C)(C)c3ccc(OCC(COC(=O)CCl)OC(=O)CCl)cc3)cc2)cc1. The summed E-state index contributed by atoms with van der Waals surface area (Å²) >= 11 is 11.0. The first-order valence-corrected chi connectivity index (χ1v) is 16.8. The Morgan fingerprint density at radius 3 is 1.42 bits per heavy atom. The van der Waals surface area contributed by atoms with E-state index in [-0.39, 0.29) is 54.9 Å². The highest BCUT2D eigenvalue weighted by atomic mass is 35.5. The second-order valence-corrected chi connectivity index (χ2v) is 13.1. The molecular weight excluding hydrogens is 657 g/mol. The molecule has 48 heavy (non-hydrogen) atoms. The van der Waals surface area contributed by atoms with Crippen molar-refractivity contribution in [1.82, 2.24) is 0 Å². The van der Waals surface area contributed by atoms with Crippen LogP contribution in [0.4, 0.5) is 0 Å². The lowest BCUT2D eigenvalue weighted by atomic mass is 9.74. The van der Waals surface area contributed by atoms with Crippen molar-refractivity contribution in [2.45, 2.75) is 51.6 Å². The van der Waals surface area contributed by atoms with E-state index in [2.05, 4.69) is 64.1 Å². The number of esters is 3. The summed E-state index contributed by atoms with van der Waals surface area (Å²) in [5, 5.41) is 0. The molecule has 0 amide bonds. The van der Waals surface area contributed by atoms with E-state index >= 15 is 0 Å². The Kier molecular flexibility index (Phi) is 14.6. The van der Waals surface area contributed by atoms with Crippen LogP contribution in [-0.2, 0) is 39.4 Å². The van der Waals surface area contributed by atoms with Crippen molar-refractivity contribution in [3.63, 3.8) is 0 Å². The van der Waals surface area contributed by atoms with Gasteiger partial charge in [-0.25, -0.2) is 0 Å². The summed E-state index contributed by atoms with van der Waals surface area (Å²) in [6.07, 6.45) is -0.830. The van der Waals surface area contributed by atoms with E-state index in [4.69, 9.17) is 52.6 Å². The van der Waals surface area contributed by atoms with Gasteiger partial charge < -0.3 is 29.4 Å². The highest BCUT2D eigenvalue weighted by Gasteiger charge is 2.27. The quantitative estimate of drug-likeness (QED) is 0.0943. The normalized spacial score (nSPS) is 12.8. The van der Waals surface area contributed by atoms with Gasteiger partial charge in [0.1, 0.15) is 36.5 Å². The van der Waals surface area contributed by atoms with Crippen molar-refractivity contribution >= 4 is 41.1 Å². The minimum absolute atomic E-state index is 0.0264. The van der Waals surface area contributed by atoms with Gasteiger partial charge in [-0.15, -0.1) is 23.2 Å². The van der Waals surface area contributed by atoms with Gasteiger partial charge in [0, 0.05) is 16.7 Å². The van der Waals surface area contributed by atoms with E-state index in [1.165, 1.54) is 5.56 Å². The van der Waals surface area contributed by atoms with Crippen LogP contribution in [0.1, 0.15) is 56.9 Å². The number of hydrogen-bond donors (Lipinski definition) is 1. The topological polar surface area (TPSA) is 123 Å². The van der Waals surface area contributed by atoms with Crippen molar-refractivity contribution in [3.05, 3.63) is 95.1 Å². The molecule has 0 saturated carbocycles. The summed E-state index contributed by atoms with van der Waals surface area (Å²) in [6, 6.07) is 24.4. The molecule has 0 aliphatic rings. The molecule has 0 bridgehead atoms. The molecule has 0 radical (unpaired) electrons. The minimum Gasteiger partial charge on any atom is -0.493 e. The van der Waals surface area contributed by atoms with Crippen LogP contribution in [0, 0.1) is 5.92 Å². The van der Waals surface area contributed by atoms with Crippen LogP contribution in [0.3, 0.4) is 0 Å². The monoisotopic (exact) mass is 701 g/mol. The summed E-state index contributed by atoms with van der Waals surface area (Å²) in [5.41, 5.74) is 9.30. The lowest BCUT2D eigenvalue weighted by molar-refractivity contribution is -0.157. The van der Waals surface area contributed by atoms with E-state index < -0.39 is 24.0 Å². The van der Waals surface area contributed by atoms with Gasteiger partial charge in [-0.2, -0.15) is 0 Å². The second kappa shape index (κ2) is 18.1. The van der Waals surface area contributed by atoms with Crippen LogP contribution < -0.4 is 15.2 Å². The molecule has 2 N–H and O–H groups in total. The summed E-state index contributed by atoms with van der Waals surface area (Å²) in [4.78, 5) is 34.4. The second-order valence-electron chi connectivity index (χ2n) is 12.6. The van der Waals surface area contributed by atoms with Gasteiger partial charge >= 0.3 is 17.9 Å². The molecule has 2 atom stereocenters. The maximum Gasteiger partial charge on any atom is 0.321 e. The van der Waals surface area contributed by atoms with Crippen molar-refractivity contribution in [2.24, 2.45) is 11.7 Å². The van der Waals surface area contributed by atoms with Crippen molar-refractivity contribution in [3.8, 4) is 11.5 Å². The standard InChI is InChI=1S/C37H45Cl2NO8/c1-25(22-46-35(43)20-40)21-44-30-14-10-28(11-15-30)36(2,3)26-6-8-27(9-7-26)37(4,5)29-12-16-31(17-13-29)45-23-32(48-34(42)19-39)24-47-33(41)18-38/h6-17,25,32H,18-24,40H2,1-5H3. The molecule has 9 nitrogen and oxygen atoms in total. The third kappa shape index (κ3) is 11.1.